The standard InChI is InChI=1S/C33H42N2O4/c1-3-33(4-2,32(38)39)21-22-34-29-16-9-12-25(23-29)17-19-28-15-10-14-27(35-28)13-8-6-5-7-11-26-18-20-30(36)31(37)24-26/h9-10,12,14-20,23-24,34,36-37H,3-8,11,13,21-22H2,1-2H3,(H,38,39). The second kappa shape index (κ2) is 15.0. The molecule has 0 aliphatic heterocycles. The SMILES string of the molecule is CCC(CC)(CCNc1cccc(C=Cc2cccc(CCCCCCc3ccc(O)c(O)c3)n2)c1)C(=O)O. The van der Waals surface area contributed by atoms with Gasteiger partial charge in [0.1, 0.15) is 0 Å². The maximum atomic E-state index is 11.7. The number of aryl methyl sites for hydroxylation is 2. The molecule has 0 unspecified atom stereocenters. The number of hydrogen-bond acceptors (Lipinski definition) is 5. The Morgan fingerprint density at radius 1 is 0.872 bits per heavy atom. The number of rotatable bonds is 16. The zero-order chi connectivity index (χ0) is 28.1. The minimum absolute atomic E-state index is 0.0557. The number of carboxylic acids is 1. The van der Waals surface area contributed by atoms with Crippen LogP contribution < -0.4 is 5.32 Å². The van der Waals surface area contributed by atoms with Crippen molar-refractivity contribution in [2.24, 2.45) is 5.41 Å². The first kappa shape index (κ1) is 29.8. The van der Waals surface area contributed by atoms with E-state index in [9.17, 15) is 20.1 Å². The number of anilines is 1. The summed E-state index contributed by atoms with van der Waals surface area (Å²) in [5.41, 5.74) is 4.43. The van der Waals surface area contributed by atoms with Crippen molar-refractivity contribution in [1.82, 2.24) is 4.98 Å². The number of pyridine rings is 1. The van der Waals surface area contributed by atoms with Crippen LogP contribution in [0.15, 0.2) is 60.7 Å². The minimum Gasteiger partial charge on any atom is -0.504 e. The molecule has 6 nitrogen and oxygen atoms in total. The van der Waals surface area contributed by atoms with E-state index in [1.54, 1.807) is 12.1 Å². The molecule has 0 radical (unpaired) electrons. The van der Waals surface area contributed by atoms with Crippen molar-refractivity contribution in [3.05, 3.63) is 83.2 Å². The molecule has 0 aliphatic carbocycles. The fraction of sp³-hybridized carbons (Fsp3) is 0.394. The molecule has 3 aromatic rings. The van der Waals surface area contributed by atoms with Gasteiger partial charge in [-0.05, 0) is 98.5 Å². The molecule has 4 N–H and O–H groups in total. The Labute approximate surface area is 232 Å². The highest BCUT2D eigenvalue weighted by molar-refractivity contribution is 5.74. The molecule has 0 amide bonds. The summed E-state index contributed by atoms with van der Waals surface area (Å²) in [6, 6.07) is 19.3. The molecule has 0 saturated heterocycles. The molecule has 3 rings (SSSR count). The fourth-order valence-electron chi connectivity index (χ4n) is 4.84. The Hall–Kier alpha value is -3.80. The Morgan fingerprint density at radius 2 is 1.62 bits per heavy atom. The minimum atomic E-state index is -0.715. The second-order valence-corrected chi connectivity index (χ2v) is 10.2. The highest BCUT2D eigenvalue weighted by Crippen LogP contribution is 2.31. The van der Waals surface area contributed by atoms with Gasteiger partial charge in [0.25, 0.3) is 0 Å². The van der Waals surface area contributed by atoms with Crippen LogP contribution in [0.3, 0.4) is 0 Å². The number of aromatic nitrogens is 1. The lowest BCUT2D eigenvalue weighted by atomic mass is 9.79. The zero-order valence-corrected chi connectivity index (χ0v) is 23.2. The average Bonchev–Trinajstić information content (AvgIpc) is 2.94. The normalized spacial score (nSPS) is 11.6. The largest absolute Gasteiger partial charge is 0.504 e. The smallest absolute Gasteiger partial charge is 0.309 e. The van der Waals surface area contributed by atoms with Gasteiger partial charge >= 0.3 is 5.97 Å². The summed E-state index contributed by atoms with van der Waals surface area (Å²) < 4.78 is 0. The topological polar surface area (TPSA) is 103 Å². The van der Waals surface area contributed by atoms with E-state index in [4.69, 9.17) is 4.98 Å². The summed E-state index contributed by atoms with van der Waals surface area (Å²) >= 11 is 0. The van der Waals surface area contributed by atoms with Crippen LogP contribution in [0.5, 0.6) is 11.5 Å². The van der Waals surface area contributed by atoms with Crippen LogP contribution in [0.1, 0.15) is 81.3 Å². The van der Waals surface area contributed by atoms with Gasteiger partial charge in [0.15, 0.2) is 11.5 Å². The van der Waals surface area contributed by atoms with E-state index in [0.29, 0.717) is 25.8 Å². The third kappa shape index (κ3) is 9.17. The summed E-state index contributed by atoms with van der Waals surface area (Å²) in [4.78, 5) is 16.5. The molecule has 1 aromatic heterocycles. The Bertz CT molecular complexity index is 1230. The second-order valence-electron chi connectivity index (χ2n) is 10.2. The van der Waals surface area contributed by atoms with Crippen LogP contribution in [0.4, 0.5) is 5.69 Å². The van der Waals surface area contributed by atoms with Crippen molar-refractivity contribution in [1.29, 1.82) is 0 Å². The molecule has 2 aromatic carbocycles. The van der Waals surface area contributed by atoms with Gasteiger partial charge < -0.3 is 20.6 Å². The fourth-order valence-corrected chi connectivity index (χ4v) is 4.84. The van der Waals surface area contributed by atoms with E-state index in [1.165, 1.54) is 0 Å². The third-order valence-corrected chi connectivity index (χ3v) is 7.59. The molecule has 39 heavy (non-hydrogen) atoms. The lowest BCUT2D eigenvalue weighted by Crippen LogP contribution is -2.31. The van der Waals surface area contributed by atoms with Crippen molar-refractivity contribution in [3.63, 3.8) is 0 Å². The van der Waals surface area contributed by atoms with Crippen LogP contribution in [0, 0.1) is 5.41 Å². The van der Waals surface area contributed by atoms with Crippen molar-refractivity contribution < 1.29 is 20.1 Å². The van der Waals surface area contributed by atoms with Gasteiger partial charge in [-0.25, -0.2) is 0 Å². The number of hydrogen-bond donors (Lipinski definition) is 4. The lowest BCUT2D eigenvalue weighted by molar-refractivity contribution is -0.149. The van der Waals surface area contributed by atoms with Crippen molar-refractivity contribution >= 4 is 23.8 Å². The van der Waals surface area contributed by atoms with Gasteiger partial charge in [-0.15, -0.1) is 0 Å². The summed E-state index contributed by atoms with van der Waals surface area (Å²) in [6.07, 6.45) is 12.1. The Balaban J connectivity index is 1.44. The number of aliphatic carboxylic acids is 1. The molecule has 0 atom stereocenters. The molecule has 208 valence electrons. The monoisotopic (exact) mass is 530 g/mol. The first-order chi connectivity index (χ1) is 18.8. The quantitative estimate of drug-likeness (QED) is 0.112. The summed E-state index contributed by atoms with van der Waals surface area (Å²) in [5.74, 6) is -0.845. The predicted octanol–water partition coefficient (Wildman–Crippen LogP) is 7.70. The van der Waals surface area contributed by atoms with Crippen LogP contribution in [0.25, 0.3) is 12.2 Å². The number of unbranched alkanes of at least 4 members (excludes halogenated alkanes) is 3. The number of aromatic hydroxyl groups is 2. The number of phenols is 2. The van der Waals surface area contributed by atoms with Gasteiger partial charge in [0.05, 0.1) is 11.1 Å². The van der Waals surface area contributed by atoms with Gasteiger partial charge in [-0.2, -0.15) is 0 Å². The molecule has 0 aliphatic rings. The maximum absolute atomic E-state index is 11.7. The first-order valence-electron chi connectivity index (χ1n) is 14.1. The zero-order valence-electron chi connectivity index (χ0n) is 23.2. The van der Waals surface area contributed by atoms with Crippen molar-refractivity contribution in [3.8, 4) is 11.5 Å². The van der Waals surface area contributed by atoms with Crippen LogP contribution in [-0.2, 0) is 17.6 Å². The molecule has 0 spiro atoms. The van der Waals surface area contributed by atoms with E-state index < -0.39 is 11.4 Å². The first-order valence-corrected chi connectivity index (χ1v) is 14.1. The van der Waals surface area contributed by atoms with E-state index in [0.717, 1.165) is 66.7 Å². The molecule has 6 heteroatoms. The van der Waals surface area contributed by atoms with Gasteiger partial charge in [0, 0.05) is 17.9 Å². The third-order valence-electron chi connectivity index (χ3n) is 7.59. The van der Waals surface area contributed by atoms with Crippen LogP contribution in [0.2, 0.25) is 0 Å². The molecular formula is C33H42N2O4. The predicted molar refractivity (Wildman–Crippen MR) is 159 cm³/mol. The summed E-state index contributed by atoms with van der Waals surface area (Å²) in [7, 11) is 0. The molecule has 0 saturated carbocycles. The van der Waals surface area contributed by atoms with Gasteiger partial charge in [-0.3, -0.25) is 9.78 Å². The highest BCUT2D eigenvalue weighted by Gasteiger charge is 2.34. The van der Waals surface area contributed by atoms with E-state index in [2.05, 4.69) is 23.5 Å². The van der Waals surface area contributed by atoms with E-state index in [1.807, 2.05) is 56.3 Å². The molecular weight excluding hydrogens is 488 g/mol. The lowest BCUT2D eigenvalue weighted by Gasteiger charge is -2.26. The number of carbonyl (C=O) groups is 1. The molecule has 0 bridgehead atoms. The Kier molecular flexibility index (Phi) is 11.4. The number of benzene rings is 2. The van der Waals surface area contributed by atoms with Gasteiger partial charge in [0.2, 0.25) is 0 Å². The van der Waals surface area contributed by atoms with E-state index >= 15 is 0 Å². The summed E-state index contributed by atoms with van der Waals surface area (Å²) in [6.45, 7) is 4.51. The maximum Gasteiger partial charge on any atom is 0.309 e. The number of carboxylic acid groups (broad SMARTS) is 1. The highest BCUT2D eigenvalue weighted by atomic mass is 16.4. The number of nitrogens with zero attached hydrogens (tertiary/aromatic N) is 1. The van der Waals surface area contributed by atoms with Gasteiger partial charge in [-0.1, -0.05) is 57.0 Å². The van der Waals surface area contributed by atoms with Crippen molar-refractivity contribution in [2.75, 3.05) is 11.9 Å². The molecule has 0 fully saturated rings. The van der Waals surface area contributed by atoms with Crippen LogP contribution >= 0.6 is 0 Å². The van der Waals surface area contributed by atoms with Crippen LogP contribution in [-0.4, -0.2) is 32.8 Å². The number of nitrogens with one attached hydrogen (secondary N) is 1. The van der Waals surface area contributed by atoms with E-state index in [-0.39, 0.29) is 11.5 Å². The van der Waals surface area contributed by atoms with Crippen molar-refractivity contribution in [2.45, 2.75) is 71.6 Å². The number of phenolic OH excluding ortho intramolecular Hbond substituents is 2. The average molecular weight is 531 g/mol. The Morgan fingerprint density at radius 3 is 2.33 bits per heavy atom. The molecule has 1 heterocycles. The summed E-state index contributed by atoms with van der Waals surface area (Å²) in [5, 5.41) is 32.1.